The van der Waals surface area contributed by atoms with Gasteiger partial charge in [0.25, 0.3) is 0 Å². The predicted octanol–water partition coefficient (Wildman–Crippen LogP) is -0.0374. The van der Waals surface area contributed by atoms with Crippen LogP contribution in [0.1, 0.15) is 12.8 Å². The summed E-state index contributed by atoms with van der Waals surface area (Å²) in [4.78, 5) is 35.9. The van der Waals surface area contributed by atoms with Gasteiger partial charge in [0.1, 0.15) is 12.1 Å². The Morgan fingerprint density at radius 2 is 2.09 bits per heavy atom. The van der Waals surface area contributed by atoms with E-state index in [-0.39, 0.29) is 6.54 Å². The van der Waals surface area contributed by atoms with E-state index in [1.807, 2.05) is 0 Å². The number of amides is 1. The number of rotatable bonds is 4. The van der Waals surface area contributed by atoms with Crippen LogP contribution in [0, 0.1) is 0 Å². The number of carbonyl (C=O) groups excluding carboxylic acids is 1. The highest BCUT2D eigenvalue weighted by Crippen LogP contribution is 2.27. The normalized spacial score (nSPS) is 17.0. The molecule has 2 aromatic heterocycles. The molecule has 0 aliphatic carbocycles. The molecular weight excluding hydrogens is 320 g/mol. The number of aromatic nitrogens is 3. The van der Waals surface area contributed by atoms with Crippen LogP contribution in [0.4, 0.5) is 0 Å². The van der Waals surface area contributed by atoms with E-state index in [0.29, 0.717) is 30.0 Å². The van der Waals surface area contributed by atoms with E-state index in [1.165, 1.54) is 4.40 Å². The lowest BCUT2D eigenvalue weighted by atomic mass is 9.92. The minimum absolute atomic E-state index is 0.303. The maximum atomic E-state index is 12.2. The molecule has 122 valence electrons. The summed E-state index contributed by atoms with van der Waals surface area (Å²) in [7, 11) is 0. The Balaban J connectivity index is 1.79. The molecule has 1 saturated heterocycles. The van der Waals surface area contributed by atoms with Crippen LogP contribution in [-0.4, -0.2) is 48.2 Å². The van der Waals surface area contributed by atoms with Crippen molar-refractivity contribution in [1.29, 1.82) is 0 Å². The van der Waals surface area contributed by atoms with Gasteiger partial charge in [-0.25, -0.2) is 14.3 Å². The van der Waals surface area contributed by atoms with Crippen LogP contribution in [0.25, 0.3) is 5.65 Å². The van der Waals surface area contributed by atoms with Gasteiger partial charge in [0.05, 0.1) is 0 Å². The van der Waals surface area contributed by atoms with Crippen LogP contribution in [0.2, 0.25) is 0 Å². The number of carbonyl (C=O) groups is 2. The number of nitrogens with one attached hydrogen (secondary N) is 1. The van der Waals surface area contributed by atoms with Crippen molar-refractivity contribution in [2.75, 3.05) is 11.5 Å². The van der Waals surface area contributed by atoms with E-state index in [0.717, 1.165) is 4.68 Å². The van der Waals surface area contributed by atoms with Crippen molar-refractivity contribution in [3.05, 3.63) is 34.9 Å². The second-order valence-electron chi connectivity index (χ2n) is 5.42. The number of hydrogen-bond acceptors (Lipinski definition) is 5. The van der Waals surface area contributed by atoms with Crippen LogP contribution >= 0.6 is 11.8 Å². The molecule has 0 radical (unpaired) electrons. The fraction of sp³-hybridized carbons (Fsp3) is 0.429. The third kappa shape index (κ3) is 2.96. The van der Waals surface area contributed by atoms with Gasteiger partial charge in [-0.15, -0.1) is 5.10 Å². The molecule has 23 heavy (non-hydrogen) atoms. The van der Waals surface area contributed by atoms with E-state index in [2.05, 4.69) is 10.4 Å². The molecule has 1 fully saturated rings. The third-order valence-corrected chi connectivity index (χ3v) is 4.90. The molecular formula is C14H16N4O4S. The fourth-order valence-electron chi connectivity index (χ4n) is 2.63. The summed E-state index contributed by atoms with van der Waals surface area (Å²) >= 11 is 1.67. The van der Waals surface area contributed by atoms with E-state index < -0.39 is 23.1 Å². The highest BCUT2D eigenvalue weighted by molar-refractivity contribution is 7.99. The van der Waals surface area contributed by atoms with Crippen molar-refractivity contribution >= 4 is 29.3 Å². The molecule has 1 aliphatic rings. The first-order valence-corrected chi connectivity index (χ1v) is 8.34. The maximum Gasteiger partial charge on any atom is 0.350 e. The van der Waals surface area contributed by atoms with Gasteiger partial charge in [-0.1, -0.05) is 6.07 Å². The molecule has 0 spiro atoms. The first-order chi connectivity index (χ1) is 11.0. The number of nitrogens with zero attached hydrogens (tertiary/aromatic N) is 3. The molecule has 0 atom stereocenters. The quantitative estimate of drug-likeness (QED) is 0.812. The molecule has 3 heterocycles. The number of aliphatic carboxylic acids is 1. The van der Waals surface area contributed by atoms with Crippen molar-refractivity contribution in [2.24, 2.45) is 0 Å². The molecule has 0 aromatic carbocycles. The minimum atomic E-state index is -1.24. The van der Waals surface area contributed by atoms with Crippen molar-refractivity contribution in [3.63, 3.8) is 0 Å². The smallest absolute Gasteiger partial charge is 0.350 e. The largest absolute Gasteiger partial charge is 0.480 e. The Labute approximate surface area is 135 Å². The zero-order valence-corrected chi connectivity index (χ0v) is 13.1. The number of carboxylic acid groups (broad SMARTS) is 1. The standard InChI is InChI=1S/C14H16N4O4S/c19-11(15-14(12(20)21)4-7-23-8-5-14)9-18-13(22)17-6-2-1-3-10(17)16-18/h1-3,6H,4-5,7-9H2,(H,15,19)(H,20,21). The van der Waals surface area contributed by atoms with Gasteiger partial charge >= 0.3 is 11.7 Å². The van der Waals surface area contributed by atoms with Gasteiger partial charge in [0.2, 0.25) is 5.91 Å². The summed E-state index contributed by atoms with van der Waals surface area (Å²) in [6, 6.07) is 5.10. The fourth-order valence-corrected chi connectivity index (χ4v) is 3.82. The summed E-state index contributed by atoms with van der Waals surface area (Å²) in [5.41, 5.74) is -1.24. The van der Waals surface area contributed by atoms with Gasteiger partial charge in [0.15, 0.2) is 5.65 Å². The van der Waals surface area contributed by atoms with Crippen LogP contribution in [0.15, 0.2) is 29.2 Å². The summed E-state index contributed by atoms with van der Waals surface area (Å²) in [5.74, 6) is -0.194. The van der Waals surface area contributed by atoms with Crippen LogP contribution in [-0.2, 0) is 16.1 Å². The van der Waals surface area contributed by atoms with Gasteiger partial charge in [-0.05, 0) is 36.5 Å². The van der Waals surface area contributed by atoms with Gasteiger partial charge in [-0.3, -0.25) is 9.20 Å². The highest BCUT2D eigenvalue weighted by Gasteiger charge is 2.41. The second kappa shape index (κ2) is 6.07. The topological polar surface area (TPSA) is 106 Å². The monoisotopic (exact) mass is 336 g/mol. The summed E-state index contributed by atoms with van der Waals surface area (Å²) in [5, 5.41) is 16.1. The summed E-state index contributed by atoms with van der Waals surface area (Å²) < 4.78 is 2.37. The second-order valence-corrected chi connectivity index (χ2v) is 6.64. The Hall–Kier alpha value is -2.29. The predicted molar refractivity (Wildman–Crippen MR) is 84.5 cm³/mol. The number of pyridine rings is 1. The molecule has 0 saturated carbocycles. The summed E-state index contributed by atoms with van der Waals surface area (Å²) in [6.45, 7) is -0.303. The zero-order valence-electron chi connectivity index (χ0n) is 12.3. The van der Waals surface area contributed by atoms with E-state index in [4.69, 9.17) is 0 Å². The number of thioether (sulfide) groups is 1. The molecule has 8 nitrogen and oxygen atoms in total. The molecule has 1 amide bonds. The first kappa shape index (κ1) is 15.6. The van der Waals surface area contributed by atoms with Crippen molar-refractivity contribution < 1.29 is 14.7 Å². The Morgan fingerprint density at radius 3 is 2.74 bits per heavy atom. The maximum absolute atomic E-state index is 12.2. The SMILES string of the molecule is O=C(Cn1nc2ccccn2c1=O)NC1(C(=O)O)CCSCC1. The third-order valence-electron chi connectivity index (χ3n) is 3.92. The van der Waals surface area contributed by atoms with Crippen LogP contribution < -0.4 is 11.0 Å². The lowest BCUT2D eigenvalue weighted by Crippen LogP contribution is -2.57. The lowest BCUT2D eigenvalue weighted by Gasteiger charge is -2.33. The first-order valence-electron chi connectivity index (χ1n) is 7.18. The van der Waals surface area contributed by atoms with E-state index in [1.54, 1.807) is 36.2 Å². The minimum Gasteiger partial charge on any atom is -0.480 e. The zero-order chi connectivity index (χ0) is 16.4. The van der Waals surface area contributed by atoms with Gasteiger partial charge in [0, 0.05) is 6.20 Å². The van der Waals surface area contributed by atoms with E-state index in [9.17, 15) is 19.5 Å². The summed E-state index contributed by atoms with van der Waals surface area (Å²) in [6.07, 6.45) is 2.31. The molecule has 3 rings (SSSR count). The molecule has 1 aliphatic heterocycles. The molecule has 0 bridgehead atoms. The van der Waals surface area contributed by atoms with E-state index >= 15 is 0 Å². The van der Waals surface area contributed by atoms with Crippen LogP contribution in [0.5, 0.6) is 0 Å². The molecule has 9 heteroatoms. The Morgan fingerprint density at radius 1 is 1.35 bits per heavy atom. The average molecular weight is 336 g/mol. The van der Waals surface area contributed by atoms with Crippen LogP contribution in [0.3, 0.4) is 0 Å². The number of carboxylic acids is 1. The van der Waals surface area contributed by atoms with Crippen molar-refractivity contribution in [2.45, 2.75) is 24.9 Å². The molecule has 2 N–H and O–H groups in total. The molecule has 2 aromatic rings. The number of fused-ring (bicyclic) bond motifs is 1. The number of hydrogen-bond donors (Lipinski definition) is 2. The van der Waals surface area contributed by atoms with Gasteiger partial charge in [-0.2, -0.15) is 11.8 Å². The Bertz CT molecular complexity index is 806. The molecule has 0 unspecified atom stereocenters. The average Bonchev–Trinajstić information content (AvgIpc) is 2.84. The Kier molecular flexibility index (Phi) is 4.12. The van der Waals surface area contributed by atoms with Crippen molar-refractivity contribution in [3.8, 4) is 0 Å². The van der Waals surface area contributed by atoms with Gasteiger partial charge < -0.3 is 10.4 Å². The lowest BCUT2D eigenvalue weighted by molar-refractivity contribution is -0.148. The van der Waals surface area contributed by atoms with Crippen molar-refractivity contribution in [1.82, 2.24) is 19.5 Å². The highest BCUT2D eigenvalue weighted by atomic mass is 32.2.